The van der Waals surface area contributed by atoms with Gasteiger partial charge in [-0.15, -0.1) is 0 Å². The summed E-state index contributed by atoms with van der Waals surface area (Å²) in [6.07, 6.45) is 1.68. The molecular formula is C15H15N3O. The smallest absolute Gasteiger partial charge is 0.148 e. The number of pyridine rings is 1. The second-order valence-corrected chi connectivity index (χ2v) is 4.29. The van der Waals surface area contributed by atoms with Crippen LogP contribution in [0.15, 0.2) is 30.5 Å². The maximum absolute atomic E-state index is 9.20. The molecule has 4 nitrogen and oxygen atoms in total. The van der Waals surface area contributed by atoms with Crippen molar-refractivity contribution in [3.63, 3.8) is 0 Å². The summed E-state index contributed by atoms with van der Waals surface area (Å²) in [6, 6.07) is 9.81. The van der Waals surface area contributed by atoms with Crippen LogP contribution in [-0.2, 0) is 0 Å². The summed E-state index contributed by atoms with van der Waals surface area (Å²) in [5.74, 6) is 1.27. The van der Waals surface area contributed by atoms with Gasteiger partial charge < -0.3 is 10.1 Å². The van der Waals surface area contributed by atoms with E-state index in [9.17, 15) is 5.26 Å². The lowest BCUT2D eigenvalue weighted by molar-refractivity contribution is 0.416. The fourth-order valence-corrected chi connectivity index (χ4v) is 1.84. The lowest BCUT2D eigenvalue weighted by Gasteiger charge is -2.13. The summed E-state index contributed by atoms with van der Waals surface area (Å²) in [6.45, 7) is 3.89. The van der Waals surface area contributed by atoms with Crippen LogP contribution >= 0.6 is 0 Å². The second kappa shape index (κ2) is 5.40. The van der Waals surface area contributed by atoms with Crippen molar-refractivity contribution in [1.82, 2.24) is 4.98 Å². The Bertz CT molecular complexity index is 644. The number of methoxy groups -OCH3 is 1. The SMILES string of the molecule is COc1ccc(C)cc1Nc1nccc(C)c1C#N. The Hall–Kier alpha value is -2.54. The summed E-state index contributed by atoms with van der Waals surface area (Å²) in [5.41, 5.74) is 3.35. The highest BCUT2D eigenvalue weighted by atomic mass is 16.5. The fraction of sp³-hybridized carbons (Fsp3) is 0.200. The molecule has 2 aromatic rings. The van der Waals surface area contributed by atoms with E-state index in [2.05, 4.69) is 16.4 Å². The average molecular weight is 253 g/mol. The second-order valence-electron chi connectivity index (χ2n) is 4.29. The Kier molecular flexibility index (Phi) is 3.67. The summed E-state index contributed by atoms with van der Waals surface area (Å²) < 4.78 is 5.30. The van der Waals surface area contributed by atoms with Gasteiger partial charge in [-0.05, 0) is 43.2 Å². The van der Waals surface area contributed by atoms with E-state index in [1.807, 2.05) is 38.1 Å². The van der Waals surface area contributed by atoms with Gasteiger partial charge in [0.15, 0.2) is 0 Å². The van der Waals surface area contributed by atoms with Gasteiger partial charge in [0.2, 0.25) is 0 Å². The van der Waals surface area contributed by atoms with E-state index in [1.165, 1.54) is 0 Å². The first-order valence-corrected chi connectivity index (χ1v) is 5.93. The molecule has 1 aromatic carbocycles. The first-order chi connectivity index (χ1) is 9.15. The molecule has 0 fully saturated rings. The molecule has 0 amide bonds. The van der Waals surface area contributed by atoms with E-state index in [-0.39, 0.29) is 0 Å². The molecule has 19 heavy (non-hydrogen) atoms. The molecule has 1 N–H and O–H groups in total. The summed E-state index contributed by atoms with van der Waals surface area (Å²) >= 11 is 0. The average Bonchev–Trinajstić information content (AvgIpc) is 2.39. The molecule has 96 valence electrons. The Labute approximate surface area is 112 Å². The first kappa shape index (κ1) is 12.9. The van der Waals surface area contributed by atoms with E-state index in [0.717, 1.165) is 22.6 Å². The van der Waals surface area contributed by atoms with Crippen LogP contribution < -0.4 is 10.1 Å². The molecule has 0 aliphatic rings. The minimum absolute atomic E-state index is 0.547. The predicted molar refractivity (Wildman–Crippen MR) is 74.7 cm³/mol. The molecule has 0 bridgehead atoms. The summed E-state index contributed by atoms with van der Waals surface area (Å²) in [4.78, 5) is 4.22. The molecule has 0 atom stereocenters. The Balaban J connectivity index is 2.45. The van der Waals surface area contributed by atoms with Crippen LogP contribution in [0, 0.1) is 25.2 Å². The van der Waals surface area contributed by atoms with Crippen LogP contribution in [0.25, 0.3) is 0 Å². The zero-order valence-electron chi connectivity index (χ0n) is 11.2. The van der Waals surface area contributed by atoms with Crippen molar-refractivity contribution in [2.24, 2.45) is 0 Å². The number of nitrogens with one attached hydrogen (secondary N) is 1. The number of anilines is 2. The van der Waals surface area contributed by atoms with Gasteiger partial charge in [0.05, 0.1) is 18.4 Å². The van der Waals surface area contributed by atoms with Crippen molar-refractivity contribution in [3.05, 3.63) is 47.2 Å². The Morgan fingerprint density at radius 3 is 2.74 bits per heavy atom. The molecule has 0 radical (unpaired) electrons. The van der Waals surface area contributed by atoms with E-state index < -0.39 is 0 Å². The fourth-order valence-electron chi connectivity index (χ4n) is 1.84. The van der Waals surface area contributed by atoms with Crippen molar-refractivity contribution in [3.8, 4) is 11.8 Å². The molecule has 1 heterocycles. The maximum atomic E-state index is 9.20. The number of nitrogens with zero attached hydrogens (tertiary/aromatic N) is 2. The summed E-state index contributed by atoms with van der Waals surface area (Å²) in [7, 11) is 1.62. The molecule has 4 heteroatoms. The quantitative estimate of drug-likeness (QED) is 0.911. The van der Waals surface area contributed by atoms with Crippen LogP contribution in [0.4, 0.5) is 11.5 Å². The van der Waals surface area contributed by atoms with Crippen molar-refractivity contribution in [2.75, 3.05) is 12.4 Å². The van der Waals surface area contributed by atoms with E-state index in [1.54, 1.807) is 13.3 Å². The highest BCUT2D eigenvalue weighted by Crippen LogP contribution is 2.29. The van der Waals surface area contributed by atoms with Gasteiger partial charge in [0.25, 0.3) is 0 Å². The largest absolute Gasteiger partial charge is 0.495 e. The maximum Gasteiger partial charge on any atom is 0.148 e. The molecule has 0 spiro atoms. The van der Waals surface area contributed by atoms with Gasteiger partial charge >= 0.3 is 0 Å². The zero-order chi connectivity index (χ0) is 13.8. The highest BCUT2D eigenvalue weighted by Gasteiger charge is 2.09. The highest BCUT2D eigenvalue weighted by molar-refractivity contribution is 5.69. The number of aryl methyl sites for hydroxylation is 2. The van der Waals surface area contributed by atoms with Gasteiger partial charge in [-0.2, -0.15) is 5.26 Å². The molecule has 0 unspecified atom stereocenters. The van der Waals surface area contributed by atoms with E-state index in [0.29, 0.717) is 11.4 Å². The number of hydrogen-bond acceptors (Lipinski definition) is 4. The van der Waals surface area contributed by atoms with E-state index in [4.69, 9.17) is 4.74 Å². The number of ether oxygens (including phenoxy) is 1. The summed E-state index contributed by atoms with van der Waals surface area (Å²) in [5, 5.41) is 12.4. The molecule has 0 saturated carbocycles. The first-order valence-electron chi connectivity index (χ1n) is 5.93. The lowest BCUT2D eigenvalue weighted by atomic mass is 10.1. The predicted octanol–water partition coefficient (Wildman–Crippen LogP) is 3.32. The van der Waals surface area contributed by atoms with Crippen molar-refractivity contribution < 1.29 is 4.74 Å². The van der Waals surface area contributed by atoms with Crippen LogP contribution in [-0.4, -0.2) is 12.1 Å². The van der Waals surface area contributed by atoms with Gasteiger partial charge in [0, 0.05) is 6.20 Å². The van der Waals surface area contributed by atoms with Crippen molar-refractivity contribution in [1.29, 1.82) is 5.26 Å². The molecule has 0 aliphatic carbocycles. The van der Waals surface area contributed by atoms with Crippen LogP contribution in [0.3, 0.4) is 0 Å². The van der Waals surface area contributed by atoms with Gasteiger partial charge in [0.1, 0.15) is 17.6 Å². The van der Waals surface area contributed by atoms with Crippen LogP contribution in [0.2, 0.25) is 0 Å². The third kappa shape index (κ3) is 2.66. The number of aromatic nitrogens is 1. The van der Waals surface area contributed by atoms with Crippen molar-refractivity contribution in [2.45, 2.75) is 13.8 Å². The van der Waals surface area contributed by atoms with Crippen LogP contribution in [0.1, 0.15) is 16.7 Å². The number of nitriles is 1. The molecule has 1 aromatic heterocycles. The van der Waals surface area contributed by atoms with Gasteiger partial charge in [-0.1, -0.05) is 6.07 Å². The molecular weight excluding hydrogens is 238 g/mol. The molecule has 2 rings (SSSR count). The minimum Gasteiger partial charge on any atom is -0.495 e. The van der Waals surface area contributed by atoms with Gasteiger partial charge in [-0.25, -0.2) is 4.98 Å². The number of rotatable bonds is 3. The molecule has 0 aliphatic heterocycles. The number of benzene rings is 1. The minimum atomic E-state index is 0.547. The van der Waals surface area contributed by atoms with Crippen LogP contribution in [0.5, 0.6) is 5.75 Å². The zero-order valence-corrected chi connectivity index (χ0v) is 11.2. The third-order valence-electron chi connectivity index (χ3n) is 2.88. The topological polar surface area (TPSA) is 57.9 Å². The standard InChI is InChI=1S/C15H15N3O/c1-10-4-5-14(19-3)13(8-10)18-15-12(9-16)11(2)6-7-17-15/h4-8H,1-3H3,(H,17,18). The van der Waals surface area contributed by atoms with Crippen molar-refractivity contribution >= 4 is 11.5 Å². The monoisotopic (exact) mass is 253 g/mol. The molecule has 0 saturated heterocycles. The Morgan fingerprint density at radius 2 is 2.05 bits per heavy atom. The number of hydrogen-bond donors (Lipinski definition) is 1. The lowest BCUT2D eigenvalue weighted by Crippen LogP contribution is -2.00. The normalized spacial score (nSPS) is 9.79. The van der Waals surface area contributed by atoms with E-state index >= 15 is 0 Å². The Morgan fingerprint density at radius 1 is 1.26 bits per heavy atom. The third-order valence-corrected chi connectivity index (χ3v) is 2.88. The van der Waals surface area contributed by atoms with Gasteiger partial charge in [-0.3, -0.25) is 0 Å².